The Hall–Kier alpha value is -4.38. The van der Waals surface area contributed by atoms with Crippen molar-refractivity contribution in [3.63, 3.8) is 0 Å². The first-order valence-corrected chi connectivity index (χ1v) is 12.6. The molecule has 0 spiro atoms. The van der Waals surface area contributed by atoms with Gasteiger partial charge in [-0.15, -0.1) is 11.3 Å². The number of methoxy groups -OCH3 is 1. The maximum Gasteiger partial charge on any atom is 0.348 e. The molecule has 0 aliphatic heterocycles. The Kier molecular flexibility index (Phi) is 10.2. The second-order valence-electron chi connectivity index (χ2n) is 7.71. The lowest BCUT2D eigenvalue weighted by Gasteiger charge is -2.11. The predicted octanol–water partition coefficient (Wildman–Crippen LogP) is 5.15. The molecule has 200 valence electrons. The van der Waals surface area contributed by atoms with Crippen LogP contribution < -0.4 is 20.2 Å². The third-order valence-corrected chi connectivity index (χ3v) is 6.31. The fourth-order valence-electron chi connectivity index (χ4n) is 3.36. The zero-order valence-electron chi connectivity index (χ0n) is 21.5. The van der Waals surface area contributed by atoms with Crippen LogP contribution in [0.5, 0.6) is 11.5 Å². The van der Waals surface area contributed by atoms with Crippen molar-refractivity contribution < 1.29 is 33.3 Å². The number of thiophene rings is 1. The van der Waals surface area contributed by atoms with Crippen LogP contribution in [0.1, 0.15) is 50.6 Å². The lowest BCUT2D eigenvalue weighted by Crippen LogP contribution is -2.24. The van der Waals surface area contributed by atoms with Crippen LogP contribution in [-0.2, 0) is 16.1 Å². The highest BCUT2D eigenvalue weighted by Gasteiger charge is 2.27. The van der Waals surface area contributed by atoms with Gasteiger partial charge in [0.05, 0.1) is 32.1 Å². The number of ether oxygens (including phenoxy) is 4. The van der Waals surface area contributed by atoms with Gasteiger partial charge < -0.3 is 18.9 Å². The van der Waals surface area contributed by atoms with Crippen molar-refractivity contribution in [2.75, 3.05) is 25.6 Å². The molecule has 0 radical (unpaired) electrons. The molecular weight excluding hydrogens is 510 g/mol. The van der Waals surface area contributed by atoms with Crippen LogP contribution in [0.2, 0.25) is 0 Å². The first-order chi connectivity index (χ1) is 18.4. The van der Waals surface area contributed by atoms with Crippen molar-refractivity contribution in [3.8, 4) is 11.5 Å². The summed E-state index contributed by atoms with van der Waals surface area (Å²) in [6.45, 7) is 5.64. The summed E-state index contributed by atoms with van der Waals surface area (Å²) in [5.41, 5.74) is 4.48. The van der Waals surface area contributed by atoms with E-state index in [-0.39, 0.29) is 28.7 Å². The van der Waals surface area contributed by atoms with Crippen LogP contribution in [0.3, 0.4) is 0 Å². The number of urea groups is 1. The van der Waals surface area contributed by atoms with E-state index >= 15 is 0 Å². The molecule has 11 heteroatoms. The highest BCUT2D eigenvalue weighted by molar-refractivity contribution is 7.18. The van der Waals surface area contributed by atoms with Gasteiger partial charge in [-0.3, -0.25) is 5.32 Å². The van der Waals surface area contributed by atoms with Crippen LogP contribution in [0.25, 0.3) is 0 Å². The van der Waals surface area contributed by atoms with Gasteiger partial charge in [0.25, 0.3) is 0 Å². The number of carbonyl (C=O) groups is 3. The van der Waals surface area contributed by atoms with Gasteiger partial charge in [0.2, 0.25) is 0 Å². The number of anilines is 1. The molecule has 38 heavy (non-hydrogen) atoms. The van der Waals surface area contributed by atoms with Crippen LogP contribution >= 0.6 is 11.3 Å². The van der Waals surface area contributed by atoms with Gasteiger partial charge in [-0.25, -0.2) is 19.8 Å². The largest absolute Gasteiger partial charge is 0.493 e. The van der Waals surface area contributed by atoms with E-state index in [0.29, 0.717) is 29.2 Å². The molecular formula is C27H29N3O7S. The monoisotopic (exact) mass is 539 g/mol. The summed E-state index contributed by atoms with van der Waals surface area (Å²) in [7, 11) is 1.53. The van der Waals surface area contributed by atoms with E-state index in [0.717, 1.165) is 16.9 Å². The van der Waals surface area contributed by atoms with Gasteiger partial charge >= 0.3 is 18.0 Å². The van der Waals surface area contributed by atoms with Crippen LogP contribution in [0, 0.1) is 6.92 Å². The Balaban J connectivity index is 1.67. The highest BCUT2D eigenvalue weighted by atomic mass is 32.1. The van der Waals surface area contributed by atoms with E-state index in [4.69, 9.17) is 18.9 Å². The van der Waals surface area contributed by atoms with Crippen molar-refractivity contribution >= 4 is 40.5 Å². The minimum Gasteiger partial charge on any atom is -0.493 e. The maximum absolute atomic E-state index is 12.5. The number of carbonyl (C=O) groups excluding carboxylic acids is 3. The average molecular weight is 540 g/mol. The number of hydrogen-bond acceptors (Lipinski definition) is 9. The molecule has 1 heterocycles. The summed E-state index contributed by atoms with van der Waals surface area (Å²) in [6.07, 6.45) is 1.43. The quantitative estimate of drug-likeness (QED) is 0.196. The predicted molar refractivity (Wildman–Crippen MR) is 144 cm³/mol. The summed E-state index contributed by atoms with van der Waals surface area (Å²) in [4.78, 5) is 37.5. The Morgan fingerprint density at radius 2 is 1.68 bits per heavy atom. The van der Waals surface area contributed by atoms with E-state index in [9.17, 15) is 14.4 Å². The van der Waals surface area contributed by atoms with Gasteiger partial charge in [0.15, 0.2) is 11.5 Å². The van der Waals surface area contributed by atoms with Gasteiger partial charge in [-0.2, -0.15) is 5.10 Å². The molecule has 0 saturated carbocycles. The molecule has 2 amide bonds. The van der Waals surface area contributed by atoms with E-state index < -0.39 is 18.0 Å². The third-order valence-electron chi connectivity index (χ3n) is 5.12. The second-order valence-corrected chi connectivity index (χ2v) is 8.73. The normalized spacial score (nSPS) is 10.6. The van der Waals surface area contributed by atoms with Crippen molar-refractivity contribution in [2.45, 2.75) is 27.4 Å². The molecule has 0 aliphatic rings. The summed E-state index contributed by atoms with van der Waals surface area (Å²) < 4.78 is 21.4. The Labute approximate surface area is 224 Å². The first-order valence-electron chi connectivity index (χ1n) is 11.8. The van der Waals surface area contributed by atoms with Gasteiger partial charge in [-0.05, 0) is 55.7 Å². The molecule has 2 aromatic carbocycles. The van der Waals surface area contributed by atoms with Crippen molar-refractivity contribution in [3.05, 3.63) is 75.7 Å². The van der Waals surface area contributed by atoms with Crippen molar-refractivity contribution in [2.24, 2.45) is 5.10 Å². The molecule has 1 aromatic heterocycles. The molecule has 0 atom stereocenters. The molecule has 3 aromatic rings. The Morgan fingerprint density at radius 1 is 0.974 bits per heavy atom. The minimum atomic E-state index is -0.710. The fraction of sp³-hybridized carbons (Fsp3) is 0.259. The topological polar surface area (TPSA) is 125 Å². The maximum atomic E-state index is 12.5. The zero-order chi connectivity index (χ0) is 27.5. The van der Waals surface area contributed by atoms with Gasteiger partial charge in [0, 0.05) is 0 Å². The standard InChI is InChI=1S/C27H29N3O7S/c1-5-35-25(31)22-17(3)23(26(32)36-6-2)38-24(22)29-27(33)30-28-15-19-12-13-20(21(14-19)34-4)37-16-18-10-8-7-9-11-18/h7-15H,5-6,16H2,1-4H3,(H2,29,30,33). The lowest BCUT2D eigenvalue weighted by molar-refractivity contribution is 0.0527. The minimum absolute atomic E-state index is 0.0925. The first kappa shape index (κ1) is 28.2. The smallest absolute Gasteiger partial charge is 0.348 e. The molecule has 0 fully saturated rings. The summed E-state index contributed by atoms with van der Waals surface area (Å²) in [5.74, 6) is -0.167. The van der Waals surface area contributed by atoms with Crippen LogP contribution in [0.15, 0.2) is 53.6 Å². The molecule has 2 N–H and O–H groups in total. The van der Waals surface area contributed by atoms with Crippen LogP contribution in [0.4, 0.5) is 9.80 Å². The fourth-order valence-corrected chi connectivity index (χ4v) is 4.44. The second kappa shape index (κ2) is 13.8. The Morgan fingerprint density at radius 3 is 2.37 bits per heavy atom. The highest BCUT2D eigenvalue weighted by Crippen LogP contribution is 2.34. The van der Waals surface area contributed by atoms with Crippen molar-refractivity contribution in [1.29, 1.82) is 0 Å². The summed E-state index contributed by atoms with van der Waals surface area (Å²) in [6, 6.07) is 14.3. The van der Waals surface area contributed by atoms with Gasteiger partial charge in [-0.1, -0.05) is 30.3 Å². The number of esters is 2. The third kappa shape index (κ3) is 7.32. The molecule has 0 unspecified atom stereocenters. The average Bonchev–Trinajstić information content (AvgIpc) is 3.24. The molecule has 3 rings (SSSR count). The lowest BCUT2D eigenvalue weighted by atomic mass is 10.1. The SMILES string of the molecule is CCOC(=O)c1sc(NC(=O)NN=Cc2ccc(OCc3ccccc3)c(OC)c2)c(C(=O)OCC)c1C. The number of amides is 2. The summed E-state index contributed by atoms with van der Waals surface area (Å²) >= 11 is 0.926. The zero-order valence-corrected chi connectivity index (χ0v) is 22.3. The van der Waals surface area contributed by atoms with Crippen molar-refractivity contribution in [1.82, 2.24) is 5.43 Å². The van der Waals surface area contributed by atoms with Crippen LogP contribution in [-0.4, -0.2) is 44.5 Å². The number of rotatable bonds is 11. The molecule has 0 saturated heterocycles. The number of nitrogens with zero attached hydrogens (tertiary/aromatic N) is 1. The van der Waals surface area contributed by atoms with E-state index in [1.165, 1.54) is 13.3 Å². The van der Waals surface area contributed by atoms with Gasteiger partial charge in [0.1, 0.15) is 16.5 Å². The van der Waals surface area contributed by atoms with E-state index in [1.807, 2.05) is 30.3 Å². The number of benzene rings is 2. The summed E-state index contributed by atoms with van der Waals surface area (Å²) in [5, 5.41) is 6.67. The number of hydrogen-bond donors (Lipinski definition) is 2. The van der Waals surface area contributed by atoms with E-state index in [2.05, 4.69) is 15.8 Å². The number of hydrazone groups is 1. The Bertz CT molecular complexity index is 1310. The van der Waals surface area contributed by atoms with E-state index in [1.54, 1.807) is 39.0 Å². The molecule has 0 aliphatic carbocycles. The molecule has 10 nitrogen and oxygen atoms in total. The number of nitrogens with one attached hydrogen (secondary N) is 2. The molecule has 0 bridgehead atoms.